The van der Waals surface area contributed by atoms with Crippen molar-refractivity contribution in [3.63, 3.8) is 0 Å². The summed E-state index contributed by atoms with van der Waals surface area (Å²) >= 11 is 0. The number of nitrogens with zero attached hydrogens (tertiary/aromatic N) is 4. The molecule has 0 spiro atoms. The average Bonchev–Trinajstić information content (AvgIpc) is 3.02. The second-order valence-corrected chi connectivity index (χ2v) is 6.33. The number of hydrogen-bond acceptors (Lipinski definition) is 3. The van der Waals surface area contributed by atoms with Gasteiger partial charge in [0.05, 0.1) is 11.7 Å². The molecule has 0 atom stereocenters. The maximum Gasteiger partial charge on any atom is 0.247 e. The number of para-hydroxylation sites is 1. The number of hydrogen-bond donors (Lipinski definition) is 0. The van der Waals surface area contributed by atoms with Gasteiger partial charge in [0, 0.05) is 49.1 Å². The molecule has 3 aromatic rings. The summed E-state index contributed by atoms with van der Waals surface area (Å²) in [5.41, 5.74) is 2.93. The molecule has 0 fully saturated rings. The molecular weight excluding hydrogens is 312 g/mol. The molecule has 0 aliphatic rings. The van der Waals surface area contributed by atoms with Gasteiger partial charge < -0.3 is 4.90 Å². The molecule has 2 heterocycles. The summed E-state index contributed by atoms with van der Waals surface area (Å²) in [5, 5.41) is 5.21. The van der Waals surface area contributed by atoms with Crippen LogP contribution in [0.3, 0.4) is 0 Å². The predicted molar refractivity (Wildman–Crippen MR) is 99.7 cm³/mol. The molecule has 1 aromatic carbocycles. The maximum atomic E-state index is 12.7. The lowest BCUT2D eigenvalue weighted by Gasteiger charge is -2.25. The maximum absolute atomic E-state index is 12.7. The van der Waals surface area contributed by atoms with E-state index in [1.165, 1.54) is 0 Å². The zero-order chi connectivity index (χ0) is 17.8. The molecule has 3 rings (SSSR count). The van der Waals surface area contributed by atoms with Crippen LogP contribution in [0.5, 0.6) is 0 Å². The molecular formula is C20H22N4O. The van der Waals surface area contributed by atoms with Gasteiger partial charge in [-0.25, -0.2) is 0 Å². The van der Waals surface area contributed by atoms with Crippen molar-refractivity contribution < 1.29 is 4.79 Å². The van der Waals surface area contributed by atoms with Crippen molar-refractivity contribution in [1.82, 2.24) is 19.7 Å². The predicted octanol–water partition coefficient (Wildman–Crippen LogP) is 3.42. The van der Waals surface area contributed by atoms with Gasteiger partial charge in [-0.2, -0.15) is 5.10 Å². The topological polar surface area (TPSA) is 51.0 Å². The van der Waals surface area contributed by atoms with Crippen LogP contribution in [0.4, 0.5) is 0 Å². The van der Waals surface area contributed by atoms with Gasteiger partial charge in [0.2, 0.25) is 5.91 Å². The van der Waals surface area contributed by atoms with Crippen molar-refractivity contribution in [2.45, 2.75) is 26.4 Å². The molecule has 0 aliphatic carbocycles. The lowest BCUT2D eigenvalue weighted by atomic mass is 10.1. The zero-order valence-electron chi connectivity index (χ0n) is 14.8. The lowest BCUT2D eigenvalue weighted by molar-refractivity contribution is -0.128. The van der Waals surface area contributed by atoms with E-state index in [2.05, 4.69) is 10.1 Å². The molecule has 0 saturated carbocycles. The highest BCUT2D eigenvalue weighted by atomic mass is 16.2. The van der Waals surface area contributed by atoms with Crippen LogP contribution in [0.25, 0.3) is 17.0 Å². The molecule has 0 saturated heterocycles. The Morgan fingerprint density at radius 1 is 1.28 bits per heavy atom. The van der Waals surface area contributed by atoms with E-state index in [4.69, 9.17) is 0 Å². The van der Waals surface area contributed by atoms with Gasteiger partial charge in [-0.1, -0.05) is 18.2 Å². The first-order valence-electron chi connectivity index (χ1n) is 8.34. The third-order valence-electron chi connectivity index (χ3n) is 4.11. The summed E-state index contributed by atoms with van der Waals surface area (Å²) < 4.78 is 1.75. The Kier molecular flexibility index (Phi) is 4.93. The molecule has 5 nitrogen and oxygen atoms in total. The smallest absolute Gasteiger partial charge is 0.247 e. The number of carbonyl (C=O) groups excluding carboxylic acids is 1. The van der Waals surface area contributed by atoms with Crippen molar-refractivity contribution in [2.24, 2.45) is 7.05 Å². The fourth-order valence-electron chi connectivity index (χ4n) is 2.79. The summed E-state index contributed by atoms with van der Waals surface area (Å²) in [6, 6.07) is 9.95. The summed E-state index contributed by atoms with van der Waals surface area (Å²) in [6.45, 7) is 4.58. The van der Waals surface area contributed by atoms with Crippen LogP contribution in [0.15, 0.2) is 55.0 Å². The van der Waals surface area contributed by atoms with Crippen molar-refractivity contribution in [3.05, 3.63) is 66.1 Å². The molecule has 0 unspecified atom stereocenters. The minimum absolute atomic E-state index is 0.0141. The third-order valence-corrected chi connectivity index (χ3v) is 4.11. The van der Waals surface area contributed by atoms with Gasteiger partial charge in [-0.3, -0.25) is 14.5 Å². The Morgan fingerprint density at radius 3 is 2.80 bits per heavy atom. The molecule has 25 heavy (non-hydrogen) atoms. The molecule has 1 amide bonds. The zero-order valence-corrected chi connectivity index (χ0v) is 14.8. The largest absolute Gasteiger partial charge is 0.332 e. The van der Waals surface area contributed by atoms with Crippen LogP contribution in [0, 0.1) is 0 Å². The van der Waals surface area contributed by atoms with Crippen molar-refractivity contribution in [1.29, 1.82) is 0 Å². The standard InChI is InChI=1S/C20H22N4O/c1-15(2)24(14-16-12-22-23(3)13-16)20(25)9-8-17-10-11-21-19-7-5-4-6-18(17)19/h4-13,15H,14H2,1-3H3/b9-8+. The van der Waals surface area contributed by atoms with E-state index < -0.39 is 0 Å². The van der Waals surface area contributed by atoms with Gasteiger partial charge >= 0.3 is 0 Å². The van der Waals surface area contributed by atoms with Crippen LogP contribution in [0.1, 0.15) is 25.0 Å². The van der Waals surface area contributed by atoms with Crippen LogP contribution >= 0.6 is 0 Å². The third kappa shape index (κ3) is 3.94. The van der Waals surface area contributed by atoms with E-state index in [0.717, 1.165) is 22.0 Å². The summed E-state index contributed by atoms with van der Waals surface area (Å²) in [7, 11) is 1.87. The van der Waals surface area contributed by atoms with Crippen molar-refractivity contribution in [3.8, 4) is 0 Å². The number of aromatic nitrogens is 3. The highest BCUT2D eigenvalue weighted by Gasteiger charge is 2.15. The average molecular weight is 334 g/mol. The highest BCUT2D eigenvalue weighted by Crippen LogP contribution is 2.18. The van der Waals surface area contributed by atoms with Crippen LogP contribution < -0.4 is 0 Å². The molecule has 2 aromatic heterocycles. The Hall–Kier alpha value is -2.95. The minimum Gasteiger partial charge on any atom is -0.332 e. The SMILES string of the molecule is CC(C)N(Cc1cnn(C)c1)C(=O)/C=C/c1ccnc2ccccc12. The first kappa shape index (κ1) is 16.9. The lowest BCUT2D eigenvalue weighted by Crippen LogP contribution is -2.35. The van der Waals surface area contributed by atoms with E-state index in [1.54, 1.807) is 23.2 Å². The molecule has 0 N–H and O–H groups in total. The van der Waals surface area contributed by atoms with Crippen LogP contribution in [-0.2, 0) is 18.4 Å². The fourth-order valence-corrected chi connectivity index (χ4v) is 2.79. The van der Waals surface area contributed by atoms with E-state index in [-0.39, 0.29) is 11.9 Å². The van der Waals surface area contributed by atoms with E-state index in [9.17, 15) is 4.79 Å². The van der Waals surface area contributed by atoms with Crippen molar-refractivity contribution in [2.75, 3.05) is 0 Å². The van der Waals surface area contributed by atoms with Gasteiger partial charge in [0.15, 0.2) is 0 Å². The highest BCUT2D eigenvalue weighted by molar-refractivity contribution is 5.95. The molecule has 0 aliphatic heterocycles. The Labute approximate surface area is 147 Å². The Morgan fingerprint density at radius 2 is 2.08 bits per heavy atom. The molecule has 0 bridgehead atoms. The quantitative estimate of drug-likeness (QED) is 0.672. The molecule has 5 heteroatoms. The number of carbonyl (C=O) groups is 1. The first-order chi connectivity index (χ1) is 12.0. The summed E-state index contributed by atoms with van der Waals surface area (Å²) in [5.74, 6) is -0.0141. The number of aryl methyl sites for hydroxylation is 1. The Balaban J connectivity index is 1.81. The summed E-state index contributed by atoms with van der Waals surface area (Å²) in [6.07, 6.45) is 9.00. The van der Waals surface area contributed by atoms with Crippen LogP contribution in [-0.4, -0.2) is 31.6 Å². The summed E-state index contributed by atoms with van der Waals surface area (Å²) in [4.78, 5) is 18.9. The van der Waals surface area contributed by atoms with Gasteiger partial charge in [-0.15, -0.1) is 0 Å². The Bertz CT molecular complexity index is 905. The second kappa shape index (κ2) is 7.30. The first-order valence-corrected chi connectivity index (χ1v) is 8.34. The van der Waals surface area contributed by atoms with E-state index in [1.807, 2.05) is 68.4 Å². The monoisotopic (exact) mass is 334 g/mol. The van der Waals surface area contributed by atoms with E-state index in [0.29, 0.717) is 6.54 Å². The molecule has 0 radical (unpaired) electrons. The van der Waals surface area contributed by atoms with Gasteiger partial charge in [0.1, 0.15) is 0 Å². The van der Waals surface area contributed by atoms with E-state index >= 15 is 0 Å². The number of rotatable bonds is 5. The minimum atomic E-state index is -0.0141. The number of pyridine rings is 1. The number of benzene rings is 1. The molecule has 128 valence electrons. The van der Waals surface area contributed by atoms with Crippen LogP contribution in [0.2, 0.25) is 0 Å². The number of fused-ring (bicyclic) bond motifs is 1. The van der Waals surface area contributed by atoms with Crippen molar-refractivity contribution >= 4 is 22.9 Å². The normalized spacial score (nSPS) is 11.5. The second-order valence-electron chi connectivity index (χ2n) is 6.33. The fraction of sp³-hybridized carbons (Fsp3) is 0.250. The van der Waals surface area contributed by atoms with Gasteiger partial charge in [0.25, 0.3) is 0 Å². The number of amides is 1. The van der Waals surface area contributed by atoms with Gasteiger partial charge in [-0.05, 0) is 37.6 Å².